The first-order valence-electron chi connectivity index (χ1n) is 6.37. The minimum atomic E-state index is -0.350. The Kier molecular flexibility index (Phi) is 4.78. The van der Waals surface area contributed by atoms with Crippen molar-refractivity contribution in [3.05, 3.63) is 41.5 Å². The van der Waals surface area contributed by atoms with E-state index in [0.29, 0.717) is 25.3 Å². The first kappa shape index (κ1) is 14.1. The van der Waals surface area contributed by atoms with Crippen LogP contribution in [0.5, 0.6) is 0 Å². The molecule has 2 rings (SSSR count). The predicted molar refractivity (Wildman–Crippen MR) is 71.7 cm³/mol. The van der Waals surface area contributed by atoms with Crippen molar-refractivity contribution in [2.24, 2.45) is 7.05 Å². The van der Waals surface area contributed by atoms with E-state index < -0.39 is 0 Å². The Hall–Kier alpha value is -2.28. The maximum absolute atomic E-state index is 11.8. The number of carbonyl (C=O) groups excluding carboxylic acids is 1. The number of aromatic nitrogens is 4. The van der Waals surface area contributed by atoms with Crippen LogP contribution in [0.4, 0.5) is 0 Å². The molecule has 0 aliphatic heterocycles. The summed E-state index contributed by atoms with van der Waals surface area (Å²) in [6, 6.07) is 3.72. The third-order valence-corrected chi connectivity index (χ3v) is 2.78. The highest BCUT2D eigenvalue weighted by atomic mass is 16.5. The van der Waals surface area contributed by atoms with E-state index in [1.807, 2.05) is 12.1 Å². The van der Waals surface area contributed by atoms with Crippen LogP contribution in [0, 0.1) is 0 Å². The van der Waals surface area contributed by atoms with Crippen molar-refractivity contribution in [3.63, 3.8) is 0 Å². The van der Waals surface area contributed by atoms with E-state index in [0.717, 1.165) is 11.4 Å². The fraction of sp³-hybridized carbons (Fsp3) is 0.385. The number of rotatable bonds is 6. The van der Waals surface area contributed by atoms with E-state index in [-0.39, 0.29) is 5.97 Å². The van der Waals surface area contributed by atoms with E-state index in [2.05, 4.69) is 20.6 Å². The third-order valence-electron chi connectivity index (χ3n) is 2.78. The SMILES string of the molecule is CCOC(=O)c1cnn(C)c1CNCc1cccnn1. The van der Waals surface area contributed by atoms with Gasteiger partial charge in [-0.25, -0.2) is 4.79 Å². The van der Waals surface area contributed by atoms with Gasteiger partial charge in [0, 0.05) is 26.3 Å². The molecule has 1 N–H and O–H groups in total. The standard InChI is InChI=1S/C13H17N5O2/c1-3-20-13(19)11-8-16-18(2)12(11)9-14-7-10-5-4-6-15-17-10/h4-6,8,14H,3,7,9H2,1-2H3. The first-order valence-corrected chi connectivity index (χ1v) is 6.37. The molecule has 0 saturated carbocycles. The highest BCUT2D eigenvalue weighted by Gasteiger charge is 2.16. The van der Waals surface area contributed by atoms with Crippen molar-refractivity contribution in [2.75, 3.05) is 6.61 Å². The van der Waals surface area contributed by atoms with Crippen molar-refractivity contribution >= 4 is 5.97 Å². The van der Waals surface area contributed by atoms with Crippen molar-refractivity contribution in [1.82, 2.24) is 25.3 Å². The number of ether oxygens (including phenoxy) is 1. The summed E-state index contributed by atoms with van der Waals surface area (Å²) in [6.07, 6.45) is 3.15. The van der Waals surface area contributed by atoms with Gasteiger partial charge in [0.15, 0.2) is 0 Å². The molecule has 0 bridgehead atoms. The molecule has 0 aromatic carbocycles. The molecule has 0 amide bonds. The average Bonchev–Trinajstić information content (AvgIpc) is 2.82. The zero-order valence-corrected chi connectivity index (χ0v) is 11.5. The highest BCUT2D eigenvalue weighted by molar-refractivity contribution is 5.90. The highest BCUT2D eigenvalue weighted by Crippen LogP contribution is 2.09. The zero-order chi connectivity index (χ0) is 14.4. The molecular formula is C13H17N5O2. The van der Waals surface area contributed by atoms with Gasteiger partial charge in [0.1, 0.15) is 5.56 Å². The second-order valence-corrected chi connectivity index (χ2v) is 4.17. The number of carbonyl (C=O) groups is 1. The van der Waals surface area contributed by atoms with Crippen LogP contribution in [0.15, 0.2) is 24.5 Å². The molecule has 0 saturated heterocycles. The average molecular weight is 275 g/mol. The quantitative estimate of drug-likeness (QED) is 0.781. The molecule has 0 radical (unpaired) electrons. The lowest BCUT2D eigenvalue weighted by atomic mass is 10.2. The Morgan fingerprint density at radius 1 is 1.45 bits per heavy atom. The number of aryl methyl sites for hydroxylation is 1. The smallest absolute Gasteiger partial charge is 0.341 e. The number of nitrogens with one attached hydrogen (secondary N) is 1. The summed E-state index contributed by atoms with van der Waals surface area (Å²) in [6.45, 7) is 3.20. The molecule has 0 aliphatic rings. The predicted octanol–water partition coefficient (Wildman–Crippen LogP) is 0.677. The molecule has 0 aliphatic carbocycles. The van der Waals surface area contributed by atoms with Gasteiger partial charge in [-0.15, -0.1) is 0 Å². The summed E-state index contributed by atoms with van der Waals surface area (Å²) in [5.74, 6) is -0.350. The molecule has 0 spiro atoms. The topological polar surface area (TPSA) is 81.9 Å². The monoisotopic (exact) mass is 275 g/mol. The van der Waals surface area contributed by atoms with Crippen LogP contribution in [0.25, 0.3) is 0 Å². The van der Waals surface area contributed by atoms with Gasteiger partial charge in [0.25, 0.3) is 0 Å². The summed E-state index contributed by atoms with van der Waals surface area (Å²) < 4.78 is 6.67. The lowest BCUT2D eigenvalue weighted by molar-refractivity contribution is 0.0524. The van der Waals surface area contributed by atoms with Crippen LogP contribution in [-0.4, -0.2) is 32.6 Å². The minimum absolute atomic E-state index is 0.347. The van der Waals surface area contributed by atoms with Gasteiger partial charge >= 0.3 is 5.97 Å². The van der Waals surface area contributed by atoms with Gasteiger partial charge in [-0.1, -0.05) is 0 Å². The van der Waals surface area contributed by atoms with Gasteiger partial charge in [-0.2, -0.15) is 15.3 Å². The van der Waals surface area contributed by atoms with Crippen LogP contribution in [0.2, 0.25) is 0 Å². The number of esters is 1. The van der Waals surface area contributed by atoms with Gasteiger partial charge in [-0.05, 0) is 19.1 Å². The molecule has 2 aromatic heterocycles. The van der Waals surface area contributed by atoms with Crippen molar-refractivity contribution in [1.29, 1.82) is 0 Å². The van der Waals surface area contributed by atoms with Crippen LogP contribution < -0.4 is 5.32 Å². The third kappa shape index (κ3) is 3.39. The van der Waals surface area contributed by atoms with Crippen LogP contribution in [-0.2, 0) is 24.9 Å². The summed E-state index contributed by atoms with van der Waals surface area (Å²) in [5, 5.41) is 15.1. The largest absolute Gasteiger partial charge is 0.462 e. The molecule has 2 aromatic rings. The maximum Gasteiger partial charge on any atom is 0.341 e. The molecule has 106 valence electrons. The van der Waals surface area contributed by atoms with Crippen molar-refractivity contribution in [3.8, 4) is 0 Å². The van der Waals surface area contributed by atoms with Crippen LogP contribution in [0.1, 0.15) is 28.7 Å². The molecule has 7 nitrogen and oxygen atoms in total. The number of hydrogen-bond donors (Lipinski definition) is 1. The van der Waals surface area contributed by atoms with Crippen LogP contribution >= 0.6 is 0 Å². The van der Waals surface area contributed by atoms with Gasteiger partial charge in [-0.3, -0.25) is 4.68 Å². The normalized spacial score (nSPS) is 10.5. The second-order valence-electron chi connectivity index (χ2n) is 4.17. The van der Waals surface area contributed by atoms with Crippen molar-refractivity contribution in [2.45, 2.75) is 20.0 Å². The fourth-order valence-electron chi connectivity index (χ4n) is 1.79. The zero-order valence-electron chi connectivity index (χ0n) is 11.5. The minimum Gasteiger partial charge on any atom is -0.462 e. The fourth-order valence-corrected chi connectivity index (χ4v) is 1.79. The Labute approximate surface area is 117 Å². The number of nitrogens with zero attached hydrogens (tertiary/aromatic N) is 4. The molecule has 2 heterocycles. The summed E-state index contributed by atoms with van der Waals surface area (Å²) in [5.41, 5.74) is 2.11. The Balaban J connectivity index is 1.99. The van der Waals surface area contributed by atoms with E-state index in [1.165, 1.54) is 6.20 Å². The Morgan fingerprint density at radius 2 is 2.30 bits per heavy atom. The Bertz CT molecular complexity index is 567. The maximum atomic E-state index is 11.8. The summed E-state index contributed by atoms with van der Waals surface area (Å²) in [4.78, 5) is 11.8. The second kappa shape index (κ2) is 6.76. The molecule has 7 heteroatoms. The number of hydrogen-bond acceptors (Lipinski definition) is 6. The van der Waals surface area contributed by atoms with Gasteiger partial charge in [0.2, 0.25) is 0 Å². The lowest BCUT2D eigenvalue weighted by Gasteiger charge is -2.07. The molecule has 0 fully saturated rings. The lowest BCUT2D eigenvalue weighted by Crippen LogP contribution is -2.19. The van der Waals surface area contributed by atoms with E-state index in [4.69, 9.17) is 4.74 Å². The van der Waals surface area contributed by atoms with E-state index >= 15 is 0 Å². The molecular weight excluding hydrogens is 258 g/mol. The Morgan fingerprint density at radius 3 is 3.00 bits per heavy atom. The molecule has 20 heavy (non-hydrogen) atoms. The molecule has 0 atom stereocenters. The van der Waals surface area contributed by atoms with Gasteiger partial charge in [0.05, 0.1) is 24.2 Å². The summed E-state index contributed by atoms with van der Waals surface area (Å²) >= 11 is 0. The summed E-state index contributed by atoms with van der Waals surface area (Å²) in [7, 11) is 1.79. The molecule has 0 unspecified atom stereocenters. The van der Waals surface area contributed by atoms with E-state index in [9.17, 15) is 4.79 Å². The van der Waals surface area contributed by atoms with E-state index in [1.54, 1.807) is 24.9 Å². The van der Waals surface area contributed by atoms with Gasteiger partial charge < -0.3 is 10.1 Å². The first-order chi connectivity index (χ1) is 9.72. The van der Waals surface area contributed by atoms with Crippen LogP contribution in [0.3, 0.4) is 0 Å². The van der Waals surface area contributed by atoms with Crippen molar-refractivity contribution < 1.29 is 9.53 Å².